The molecule has 0 saturated carbocycles. The SMILES string of the molecule is O=Cc1ccc(-c2ccc3c(c2)C(=O)C#CC3)s1.[HH]. The molecule has 1 aromatic heterocycles. The summed E-state index contributed by atoms with van der Waals surface area (Å²) in [5.41, 5.74) is 2.63. The average Bonchev–Trinajstić information content (AvgIpc) is 2.88. The Morgan fingerprint density at radius 1 is 1.28 bits per heavy atom. The van der Waals surface area contributed by atoms with Gasteiger partial charge in [0.25, 0.3) is 0 Å². The molecule has 1 aromatic carbocycles. The van der Waals surface area contributed by atoms with Crippen molar-refractivity contribution in [2.45, 2.75) is 6.42 Å². The first kappa shape index (κ1) is 10.9. The van der Waals surface area contributed by atoms with Gasteiger partial charge in [0.2, 0.25) is 5.78 Å². The number of carbonyl (C=O) groups excluding carboxylic acids is 2. The van der Waals surface area contributed by atoms with Gasteiger partial charge in [-0.05, 0) is 35.2 Å². The van der Waals surface area contributed by atoms with Gasteiger partial charge in [-0.25, -0.2) is 0 Å². The summed E-state index contributed by atoms with van der Waals surface area (Å²) in [4.78, 5) is 24.1. The van der Waals surface area contributed by atoms with E-state index in [0.29, 0.717) is 16.9 Å². The van der Waals surface area contributed by atoms with E-state index in [1.165, 1.54) is 11.3 Å². The van der Waals surface area contributed by atoms with Gasteiger partial charge in [0.05, 0.1) is 4.88 Å². The number of aldehydes is 1. The van der Waals surface area contributed by atoms with Crippen LogP contribution in [-0.2, 0) is 6.42 Å². The molecule has 0 aliphatic heterocycles. The van der Waals surface area contributed by atoms with Crippen LogP contribution < -0.4 is 0 Å². The molecule has 0 amide bonds. The Bertz CT molecular complexity index is 719. The second-order valence-electron chi connectivity index (χ2n) is 4.00. The highest BCUT2D eigenvalue weighted by Crippen LogP contribution is 2.29. The summed E-state index contributed by atoms with van der Waals surface area (Å²) in [6.07, 6.45) is 1.47. The van der Waals surface area contributed by atoms with Gasteiger partial charge in [-0.3, -0.25) is 9.59 Å². The van der Waals surface area contributed by atoms with E-state index in [2.05, 4.69) is 11.8 Å². The highest BCUT2D eigenvalue weighted by atomic mass is 32.1. The van der Waals surface area contributed by atoms with E-state index < -0.39 is 0 Å². The van der Waals surface area contributed by atoms with Crippen molar-refractivity contribution in [2.75, 3.05) is 0 Å². The van der Waals surface area contributed by atoms with E-state index in [-0.39, 0.29) is 7.21 Å². The summed E-state index contributed by atoms with van der Waals surface area (Å²) in [7, 11) is 0. The van der Waals surface area contributed by atoms with E-state index in [1.807, 2.05) is 24.3 Å². The third kappa shape index (κ3) is 1.77. The molecular formula is C15H10O2S. The molecule has 0 unspecified atom stereocenters. The van der Waals surface area contributed by atoms with Crippen molar-refractivity contribution in [1.82, 2.24) is 0 Å². The van der Waals surface area contributed by atoms with E-state index in [0.717, 1.165) is 22.3 Å². The van der Waals surface area contributed by atoms with E-state index in [9.17, 15) is 9.59 Å². The van der Waals surface area contributed by atoms with Crippen molar-refractivity contribution in [3.8, 4) is 22.3 Å². The Kier molecular flexibility index (Phi) is 2.58. The predicted octanol–water partition coefficient (Wildman–Crippen LogP) is 3.22. The molecule has 0 spiro atoms. The first-order valence-corrected chi connectivity index (χ1v) is 6.31. The first-order chi connectivity index (χ1) is 8.78. The molecule has 0 atom stereocenters. The number of Topliss-reactive ketones (excluding diaryl/α,β-unsaturated/α-hetero) is 1. The van der Waals surface area contributed by atoms with Gasteiger partial charge in [-0.15, -0.1) is 11.3 Å². The summed E-state index contributed by atoms with van der Waals surface area (Å²) in [6.45, 7) is 0. The molecule has 3 rings (SSSR count). The molecule has 18 heavy (non-hydrogen) atoms. The Balaban J connectivity index is 0.00000133. The van der Waals surface area contributed by atoms with Gasteiger partial charge in [-0.2, -0.15) is 0 Å². The van der Waals surface area contributed by atoms with Crippen LogP contribution in [0.4, 0.5) is 0 Å². The first-order valence-electron chi connectivity index (χ1n) is 5.49. The summed E-state index contributed by atoms with van der Waals surface area (Å²) < 4.78 is 0. The number of ketones is 1. The Morgan fingerprint density at radius 2 is 2.17 bits per heavy atom. The molecule has 2 nitrogen and oxygen atoms in total. The third-order valence-electron chi connectivity index (χ3n) is 2.86. The van der Waals surface area contributed by atoms with Gasteiger partial charge >= 0.3 is 0 Å². The number of fused-ring (bicyclic) bond motifs is 1. The molecule has 1 aliphatic rings. The molecule has 2 aromatic rings. The fourth-order valence-corrected chi connectivity index (χ4v) is 2.77. The highest BCUT2D eigenvalue weighted by molar-refractivity contribution is 7.17. The zero-order valence-corrected chi connectivity index (χ0v) is 10.2. The Morgan fingerprint density at radius 3 is 2.94 bits per heavy atom. The fraction of sp³-hybridized carbons (Fsp3) is 0.0667. The molecule has 0 N–H and O–H groups in total. The minimum absolute atomic E-state index is 0. The number of hydrogen-bond acceptors (Lipinski definition) is 3. The molecule has 3 heteroatoms. The van der Waals surface area contributed by atoms with Crippen LogP contribution in [0.25, 0.3) is 10.4 Å². The molecule has 0 bridgehead atoms. The largest absolute Gasteiger partial charge is 0.297 e. The second kappa shape index (κ2) is 4.25. The molecule has 88 valence electrons. The third-order valence-corrected chi connectivity index (χ3v) is 3.92. The maximum absolute atomic E-state index is 11.7. The number of benzene rings is 1. The lowest BCUT2D eigenvalue weighted by atomic mass is 9.95. The van der Waals surface area contributed by atoms with Crippen molar-refractivity contribution in [3.63, 3.8) is 0 Å². The van der Waals surface area contributed by atoms with Crippen molar-refractivity contribution in [3.05, 3.63) is 46.3 Å². The highest BCUT2D eigenvalue weighted by Gasteiger charge is 2.14. The van der Waals surface area contributed by atoms with Gasteiger partial charge in [0.1, 0.15) is 0 Å². The smallest absolute Gasteiger partial charge is 0.236 e. The van der Waals surface area contributed by atoms with Crippen LogP contribution in [0.15, 0.2) is 30.3 Å². The van der Waals surface area contributed by atoms with Crippen LogP contribution in [0, 0.1) is 11.8 Å². The summed E-state index contributed by atoms with van der Waals surface area (Å²) in [6, 6.07) is 9.46. The molecule has 1 heterocycles. The van der Waals surface area contributed by atoms with E-state index >= 15 is 0 Å². The topological polar surface area (TPSA) is 34.1 Å². The van der Waals surface area contributed by atoms with Crippen molar-refractivity contribution < 1.29 is 11.0 Å². The number of hydrogen-bond donors (Lipinski definition) is 0. The maximum Gasteiger partial charge on any atom is 0.236 e. The lowest BCUT2D eigenvalue weighted by molar-refractivity contribution is 0.105. The van der Waals surface area contributed by atoms with Gasteiger partial charge in [0, 0.05) is 18.3 Å². The quantitative estimate of drug-likeness (QED) is 0.468. The average molecular weight is 254 g/mol. The minimum atomic E-state index is -0.120. The van der Waals surface area contributed by atoms with E-state index in [4.69, 9.17) is 0 Å². The lowest BCUT2D eigenvalue weighted by Gasteiger charge is -2.08. The van der Waals surface area contributed by atoms with Crippen LogP contribution in [0.3, 0.4) is 0 Å². The standard InChI is InChI=1S/C15H8O2S.H2/c16-9-12-6-7-15(18-12)11-5-4-10-2-1-3-14(17)13(10)8-11;/h4-9H,2H2;1H. The van der Waals surface area contributed by atoms with E-state index in [1.54, 1.807) is 6.07 Å². The van der Waals surface area contributed by atoms with Crippen LogP contribution in [-0.4, -0.2) is 12.1 Å². The van der Waals surface area contributed by atoms with Gasteiger partial charge in [0.15, 0.2) is 6.29 Å². The Labute approximate surface area is 110 Å². The summed E-state index contributed by atoms with van der Waals surface area (Å²) >= 11 is 1.42. The fourth-order valence-electron chi connectivity index (χ4n) is 1.95. The zero-order chi connectivity index (χ0) is 12.5. The minimum Gasteiger partial charge on any atom is -0.297 e. The number of carbonyl (C=O) groups is 2. The van der Waals surface area contributed by atoms with Gasteiger partial charge < -0.3 is 0 Å². The summed E-state index contributed by atoms with van der Waals surface area (Å²) in [5.74, 6) is 5.29. The number of thiophene rings is 1. The monoisotopic (exact) mass is 254 g/mol. The zero-order valence-electron chi connectivity index (χ0n) is 9.40. The van der Waals surface area contributed by atoms with Crippen molar-refractivity contribution in [1.29, 1.82) is 0 Å². The van der Waals surface area contributed by atoms with Crippen molar-refractivity contribution in [2.24, 2.45) is 0 Å². The van der Waals surface area contributed by atoms with Crippen LogP contribution in [0.1, 0.15) is 27.0 Å². The van der Waals surface area contributed by atoms with Crippen LogP contribution in [0.2, 0.25) is 0 Å². The molecular weight excluding hydrogens is 244 g/mol. The Hall–Kier alpha value is -2.18. The van der Waals surface area contributed by atoms with Gasteiger partial charge in [-0.1, -0.05) is 18.1 Å². The molecule has 0 saturated heterocycles. The second-order valence-corrected chi connectivity index (χ2v) is 5.11. The van der Waals surface area contributed by atoms with Crippen LogP contribution in [0.5, 0.6) is 0 Å². The summed E-state index contributed by atoms with van der Waals surface area (Å²) in [5, 5.41) is 0. The molecule has 1 aliphatic carbocycles. The normalized spacial score (nSPS) is 12.6. The maximum atomic E-state index is 11.7. The molecule has 0 radical (unpaired) electrons. The lowest BCUT2D eigenvalue weighted by Crippen LogP contribution is -2.05. The van der Waals surface area contributed by atoms with Crippen molar-refractivity contribution >= 4 is 23.4 Å². The number of rotatable bonds is 2. The predicted molar refractivity (Wildman–Crippen MR) is 73.1 cm³/mol. The van der Waals surface area contributed by atoms with Crippen LogP contribution >= 0.6 is 11.3 Å². The molecule has 0 fully saturated rings.